The minimum Gasteiger partial charge on any atom is -0.489 e. The Bertz CT molecular complexity index is 687. The van der Waals surface area contributed by atoms with Crippen LogP contribution in [-0.2, 0) is 6.61 Å². The zero-order valence-corrected chi connectivity index (χ0v) is 14.0. The van der Waals surface area contributed by atoms with Gasteiger partial charge in [0.15, 0.2) is 0 Å². The molecule has 24 heavy (non-hydrogen) atoms. The second kappa shape index (κ2) is 7.49. The Morgan fingerprint density at radius 2 is 2.00 bits per heavy atom. The number of carbonyl (C=O) groups excluding carboxylic acids is 1. The van der Waals surface area contributed by atoms with Crippen molar-refractivity contribution in [2.75, 3.05) is 13.1 Å². The molecular weight excluding hydrogens is 300 g/mol. The van der Waals surface area contributed by atoms with Crippen LogP contribution in [0.3, 0.4) is 0 Å². The number of amides is 1. The lowest BCUT2D eigenvalue weighted by Gasteiger charge is -2.22. The summed E-state index contributed by atoms with van der Waals surface area (Å²) in [4.78, 5) is 14.7. The molecule has 1 aliphatic rings. The first-order valence-corrected chi connectivity index (χ1v) is 8.45. The van der Waals surface area contributed by atoms with Gasteiger partial charge >= 0.3 is 0 Å². The Balaban J connectivity index is 1.67. The molecule has 0 aromatic heterocycles. The summed E-state index contributed by atoms with van der Waals surface area (Å²) >= 11 is 0. The normalized spacial score (nSPS) is 20.2. The Morgan fingerprint density at radius 1 is 1.21 bits per heavy atom. The third-order valence-corrected chi connectivity index (χ3v) is 4.58. The van der Waals surface area contributed by atoms with Gasteiger partial charge in [0.25, 0.3) is 5.91 Å². The fraction of sp³-hybridized carbons (Fsp3) is 0.350. The fourth-order valence-corrected chi connectivity index (χ4v) is 3.22. The number of hydrogen-bond donors (Lipinski definition) is 1. The Labute approximate surface area is 143 Å². The van der Waals surface area contributed by atoms with Crippen LogP contribution < -0.4 is 10.5 Å². The fourth-order valence-electron chi connectivity index (χ4n) is 3.22. The number of carbonyl (C=O) groups is 1. The lowest BCUT2D eigenvalue weighted by atomic mass is 10.1. The van der Waals surface area contributed by atoms with Gasteiger partial charge in [0.05, 0.1) is 0 Å². The summed E-state index contributed by atoms with van der Waals surface area (Å²) in [6.07, 6.45) is 0.979. The van der Waals surface area contributed by atoms with E-state index in [0.717, 1.165) is 18.5 Å². The van der Waals surface area contributed by atoms with E-state index < -0.39 is 0 Å². The number of nitrogens with zero attached hydrogens (tertiary/aromatic N) is 1. The maximum Gasteiger partial charge on any atom is 0.254 e. The van der Waals surface area contributed by atoms with Crippen molar-refractivity contribution >= 4 is 5.91 Å². The first-order chi connectivity index (χ1) is 11.7. The molecule has 0 aliphatic carbocycles. The highest BCUT2D eigenvalue weighted by Crippen LogP contribution is 2.25. The van der Waals surface area contributed by atoms with Crippen molar-refractivity contribution in [2.45, 2.75) is 26.0 Å². The molecule has 0 bridgehead atoms. The van der Waals surface area contributed by atoms with Gasteiger partial charge in [-0.25, -0.2) is 0 Å². The van der Waals surface area contributed by atoms with Gasteiger partial charge in [-0.3, -0.25) is 4.79 Å². The van der Waals surface area contributed by atoms with Crippen LogP contribution >= 0.6 is 0 Å². The number of ether oxygens (including phenoxy) is 1. The minimum atomic E-state index is 0.0589. The van der Waals surface area contributed by atoms with Crippen molar-refractivity contribution in [2.24, 2.45) is 11.7 Å². The van der Waals surface area contributed by atoms with E-state index in [-0.39, 0.29) is 11.9 Å². The Morgan fingerprint density at radius 3 is 2.71 bits per heavy atom. The van der Waals surface area contributed by atoms with Gasteiger partial charge in [0, 0.05) is 18.2 Å². The summed E-state index contributed by atoms with van der Waals surface area (Å²) in [7, 11) is 0. The average Bonchev–Trinajstić information content (AvgIpc) is 3.01. The molecule has 0 spiro atoms. The lowest BCUT2D eigenvalue weighted by molar-refractivity contribution is 0.0743. The highest BCUT2D eigenvalue weighted by Gasteiger charge is 2.32. The lowest BCUT2D eigenvalue weighted by Crippen LogP contribution is -2.34. The van der Waals surface area contributed by atoms with Gasteiger partial charge in [-0.2, -0.15) is 0 Å². The molecule has 4 heteroatoms. The average molecular weight is 324 g/mol. The number of nitrogens with two attached hydrogens (primary N) is 1. The third-order valence-electron chi connectivity index (χ3n) is 4.58. The molecular formula is C20H24N2O2. The maximum absolute atomic E-state index is 12.8. The van der Waals surface area contributed by atoms with Crippen LogP contribution in [0.5, 0.6) is 5.75 Å². The molecule has 126 valence electrons. The molecule has 1 heterocycles. The zero-order chi connectivity index (χ0) is 16.9. The largest absolute Gasteiger partial charge is 0.489 e. The monoisotopic (exact) mass is 324 g/mol. The van der Waals surface area contributed by atoms with Gasteiger partial charge < -0.3 is 15.4 Å². The minimum absolute atomic E-state index is 0.0589. The molecule has 2 unspecified atom stereocenters. The number of benzene rings is 2. The molecule has 1 fully saturated rings. The molecule has 3 rings (SSSR count). The van der Waals surface area contributed by atoms with E-state index in [0.29, 0.717) is 30.4 Å². The van der Waals surface area contributed by atoms with Crippen LogP contribution in [-0.4, -0.2) is 29.9 Å². The van der Waals surface area contributed by atoms with Crippen molar-refractivity contribution in [1.82, 2.24) is 4.90 Å². The van der Waals surface area contributed by atoms with Gasteiger partial charge in [-0.15, -0.1) is 0 Å². The van der Waals surface area contributed by atoms with E-state index in [1.807, 2.05) is 59.5 Å². The van der Waals surface area contributed by atoms with E-state index in [1.54, 1.807) is 0 Å². The van der Waals surface area contributed by atoms with Crippen LogP contribution in [0.25, 0.3) is 0 Å². The SMILES string of the molecule is CC1CC(CN)CN1C(=O)c1cccc(OCc2ccccc2)c1. The molecule has 0 saturated carbocycles. The van der Waals surface area contributed by atoms with Crippen LogP contribution in [0.15, 0.2) is 54.6 Å². The first kappa shape index (κ1) is 16.5. The summed E-state index contributed by atoms with van der Waals surface area (Å²) in [6, 6.07) is 17.7. The Kier molecular flexibility index (Phi) is 5.16. The molecule has 2 aromatic rings. The third kappa shape index (κ3) is 3.77. The Hall–Kier alpha value is -2.33. The maximum atomic E-state index is 12.8. The van der Waals surface area contributed by atoms with Crippen LogP contribution in [0.4, 0.5) is 0 Å². The predicted octanol–water partition coefficient (Wildman–Crippen LogP) is 3.07. The first-order valence-electron chi connectivity index (χ1n) is 8.45. The molecule has 2 aromatic carbocycles. The quantitative estimate of drug-likeness (QED) is 0.919. The predicted molar refractivity (Wildman–Crippen MR) is 94.9 cm³/mol. The van der Waals surface area contributed by atoms with E-state index in [1.165, 1.54) is 0 Å². The summed E-state index contributed by atoms with van der Waals surface area (Å²) in [5, 5.41) is 0. The van der Waals surface area contributed by atoms with Crippen molar-refractivity contribution < 1.29 is 9.53 Å². The molecule has 2 N–H and O–H groups in total. The summed E-state index contributed by atoms with van der Waals surface area (Å²) < 4.78 is 5.82. The van der Waals surface area contributed by atoms with Crippen LogP contribution in [0.2, 0.25) is 0 Å². The summed E-state index contributed by atoms with van der Waals surface area (Å²) in [5.74, 6) is 1.18. The highest BCUT2D eigenvalue weighted by molar-refractivity contribution is 5.95. The molecule has 1 aliphatic heterocycles. The van der Waals surface area contributed by atoms with Gasteiger partial charge in [0.1, 0.15) is 12.4 Å². The summed E-state index contributed by atoms with van der Waals surface area (Å²) in [5.41, 5.74) is 7.53. The van der Waals surface area contributed by atoms with Crippen molar-refractivity contribution in [3.8, 4) is 5.75 Å². The van der Waals surface area contributed by atoms with Gasteiger partial charge in [-0.05, 0) is 49.6 Å². The summed E-state index contributed by atoms with van der Waals surface area (Å²) in [6.45, 7) is 3.96. The topological polar surface area (TPSA) is 55.6 Å². The van der Waals surface area contributed by atoms with E-state index >= 15 is 0 Å². The van der Waals surface area contributed by atoms with Crippen LogP contribution in [0, 0.1) is 5.92 Å². The van der Waals surface area contributed by atoms with Crippen LogP contribution in [0.1, 0.15) is 29.3 Å². The second-order valence-electron chi connectivity index (χ2n) is 6.45. The number of likely N-dealkylation sites (tertiary alicyclic amines) is 1. The molecule has 0 radical (unpaired) electrons. The molecule has 1 saturated heterocycles. The highest BCUT2D eigenvalue weighted by atomic mass is 16.5. The van der Waals surface area contributed by atoms with Crippen molar-refractivity contribution in [3.05, 3.63) is 65.7 Å². The number of hydrogen-bond acceptors (Lipinski definition) is 3. The van der Waals surface area contributed by atoms with Gasteiger partial charge in [0.2, 0.25) is 0 Å². The zero-order valence-electron chi connectivity index (χ0n) is 14.0. The molecule has 1 amide bonds. The van der Waals surface area contributed by atoms with Gasteiger partial charge in [-0.1, -0.05) is 36.4 Å². The molecule has 2 atom stereocenters. The molecule has 4 nitrogen and oxygen atoms in total. The smallest absolute Gasteiger partial charge is 0.254 e. The van der Waals surface area contributed by atoms with Crippen molar-refractivity contribution in [3.63, 3.8) is 0 Å². The van der Waals surface area contributed by atoms with E-state index in [4.69, 9.17) is 10.5 Å². The van der Waals surface area contributed by atoms with Crippen molar-refractivity contribution in [1.29, 1.82) is 0 Å². The van der Waals surface area contributed by atoms with E-state index in [9.17, 15) is 4.79 Å². The standard InChI is InChI=1S/C20H24N2O2/c1-15-10-17(12-21)13-22(15)20(23)18-8-5-9-19(11-18)24-14-16-6-3-2-4-7-16/h2-9,11,15,17H,10,12-14,21H2,1H3. The number of rotatable bonds is 5. The van der Waals surface area contributed by atoms with E-state index in [2.05, 4.69) is 6.92 Å². The second-order valence-corrected chi connectivity index (χ2v) is 6.45.